The normalized spacial score (nSPS) is 19.4. The highest BCUT2D eigenvalue weighted by Gasteiger charge is 2.36. The molecule has 0 unspecified atom stereocenters. The first-order valence-corrected chi connectivity index (χ1v) is 11.6. The van der Waals surface area contributed by atoms with Gasteiger partial charge < -0.3 is 25.2 Å². The minimum absolute atomic E-state index is 0.0483. The number of hydrogen-bond donors (Lipinski definition) is 2. The summed E-state index contributed by atoms with van der Waals surface area (Å²) < 4.78 is 36.2. The molecule has 1 aliphatic heterocycles. The van der Waals surface area contributed by atoms with Crippen LogP contribution in [0.5, 0.6) is 11.5 Å². The van der Waals surface area contributed by atoms with E-state index in [0.717, 1.165) is 24.6 Å². The van der Waals surface area contributed by atoms with Crippen LogP contribution in [-0.2, 0) is 11.2 Å². The molecule has 36 heavy (non-hydrogen) atoms. The summed E-state index contributed by atoms with van der Waals surface area (Å²) in [5, 5.41) is 9.55. The van der Waals surface area contributed by atoms with Crippen molar-refractivity contribution >= 4 is 17.8 Å². The highest BCUT2D eigenvalue weighted by Crippen LogP contribution is 2.39. The van der Waals surface area contributed by atoms with Gasteiger partial charge in [0.15, 0.2) is 17.2 Å². The Balaban J connectivity index is 1.59. The lowest BCUT2D eigenvalue weighted by Crippen LogP contribution is -2.35. The van der Waals surface area contributed by atoms with Crippen LogP contribution in [0.3, 0.4) is 0 Å². The molecule has 3 N–H and O–H groups in total. The first-order valence-electron chi connectivity index (χ1n) is 11.6. The standard InChI is InChI=1S/C25H27F2N3O6/c1-13(31)30-11-18(8-19(30)7-16-6-17(23(28)32)10-29-22(16)24(33)34)15-4-5-20(36-25(26)27)21(9-15)35-12-14-2-3-14/h4-6,9-10,14,18-19,25H,2-3,7-8,11-12H2,1H3,(H2,28,32)(H,33,34)/t18-,19+/m1/s1. The molecule has 2 aromatic rings. The number of nitrogens with two attached hydrogens (primary N) is 1. The topological polar surface area (TPSA) is 132 Å². The molecule has 1 aromatic carbocycles. The summed E-state index contributed by atoms with van der Waals surface area (Å²) in [7, 11) is 0. The van der Waals surface area contributed by atoms with E-state index in [1.807, 2.05) is 0 Å². The molecular weight excluding hydrogens is 476 g/mol. The van der Waals surface area contributed by atoms with Gasteiger partial charge in [0.2, 0.25) is 11.8 Å². The predicted molar refractivity (Wildman–Crippen MR) is 123 cm³/mol. The number of hydrogen-bond acceptors (Lipinski definition) is 6. The molecule has 9 nitrogen and oxygen atoms in total. The summed E-state index contributed by atoms with van der Waals surface area (Å²) in [6.07, 6.45) is 3.82. The van der Waals surface area contributed by atoms with E-state index in [1.165, 1.54) is 19.1 Å². The molecule has 1 aromatic heterocycles. The molecular formula is C25H27F2N3O6. The molecule has 2 fully saturated rings. The summed E-state index contributed by atoms with van der Waals surface area (Å²) in [6, 6.07) is 5.81. The number of rotatable bonds is 10. The zero-order chi connectivity index (χ0) is 26.0. The number of carbonyl (C=O) groups is 3. The Morgan fingerprint density at radius 3 is 2.58 bits per heavy atom. The van der Waals surface area contributed by atoms with Crippen LogP contribution in [0, 0.1) is 5.92 Å². The number of benzene rings is 1. The van der Waals surface area contributed by atoms with Crippen LogP contribution in [0.15, 0.2) is 30.5 Å². The molecule has 0 spiro atoms. The van der Waals surface area contributed by atoms with Gasteiger partial charge in [-0.3, -0.25) is 9.59 Å². The zero-order valence-electron chi connectivity index (χ0n) is 19.7. The lowest BCUT2D eigenvalue weighted by Gasteiger charge is -2.23. The lowest BCUT2D eigenvalue weighted by molar-refractivity contribution is -0.129. The number of nitrogens with zero attached hydrogens (tertiary/aromatic N) is 2. The maximum atomic E-state index is 12.9. The maximum absolute atomic E-state index is 12.9. The van der Waals surface area contributed by atoms with E-state index in [4.69, 9.17) is 10.5 Å². The molecule has 11 heteroatoms. The molecule has 2 heterocycles. The zero-order valence-corrected chi connectivity index (χ0v) is 19.7. The van der Waals surface area contributed by atoms with Gasteiger partial charge in [0.1, 0.15) is 0 Å². The number of likely N-dealkylation sites (tertiary alicyclic amines) is 1. The first kappa shape index (κ1) is 25.3. The number of halogens is 2. The number of aromatic nitrogens is 1. The summed E-state index contributed by atoms with van der Waals surface area (Å²) in [6.45, 7) is -0.800. The number of ether oxygens (including phenoxy) is 2. The van der Waals surface area contributed by atoms with Gasteiger partial charge in [-0.05, 0) is 60.9 Å². The Kier molecular flexibility index (Phi) is 7.37. The number of carboxylic acids is 1. The van der Waals surface area contributed by atoms with E-state index in [-0.39, 0.29) is 47.0 Å². The highest BCUT2D eigenvalue weighted by molar-refractivity contribution is 5.94. The van der Waals surface area contributed by atoms with Crippen LogP contribution >= 0.6 is 0 Å². The second kappa shape index (κ2) is 10.5. The van der Waals surface area contributed by atoms with E-state index in [0.29, 0.717) is 31.1 Å². The van der Waals surface area contributed by atoms with E-state index in [2.05, 4.69) is 9.72 Å². The SMILES string of the molecule is CC(=O)N1C[C@H](c2ccc(OC(F)F)c(OCC3CC3)c2)C[C@@H]1Cc1cc(C(N)=O)cnc1C(=O)O. The molecule has 2 atom stereocenters. The number of primary amides is 1. The lowest BCUT2D eigenvalue weighted by atomic mass is 9.93. The summed E-state index contributed by atoms with van der Waals surface area (Å²) in [4.78, 5) is 41.3. The van der Waals surface area contributed by atoms with E-state index in [9.17, 15) is 28.3 Å². The fourth-order valence-corrected chi connectivity index (χ4v) is 4.56. The van der Waals surface area contributed by atoms with Crippen LogP contribution in [0.1, 0.15) is 64.1 Å². The van der Waals surface area contributed by atoms with E-state index in [1.54, 1.807) is 17.0 Å². The fourth-order valence-electron chi connectivity index (χ4n) is 4.56. The quantitative estimate of drug-likeness (QED) is 0.509. The largest absolute Gasteiger partial charge is 0.489 e. The van der Waals surface area contributed by atoms with Gasteiger partial charge in [-0.25, -0.2) is 9.78 Å². The monoisotopic (exact) mass is 503 g/mol. The van der Waals surface area contributed by atoms with Gasteiger partial charge in [-0.15, -0.1) is 0 Å². The average molecular weight is 504 g/mol. The second-order valence-electron chi connectivity index (χ2n) is 9.20. The Labute approximate surface area is 206 Å². The molecule has 0 radical (unpaired) electrons. The van der Waals surface area contributed by atoms with Gasteiger partial charge in [0.25, 0.3) is 0 Å². The van der Waals surface area contributed by atoms with Crippen LogP contribution in [0.2, 0.25) is 0 Å². The Bertz CT molecular complexity index is 1170. The maximum Gasteiger partial charge on any atom is 0.387 e. The molecule has 1 saturated heterocycles. The third kappa shape index (κ3) is 5.89. The van der Waals surface area contributed by atoms with Crippen molar-refractivity contribution in [1.82, 2.24) is 9.88 Å². The second-order valence-corrected chi connectivity index (χ2v) is 9.20. The van der Waals surface area contributed by atoms with Crippen molar-refractivity contribution in [2.75, 3.05) is 13.2 Å². The predicted octanol–water partition coefficient (Wildman–Crippen LogP) is 3.22. The first-order chi connectivity index (χ1) is 17.1. The fraction of sp³-hybridized carbons (Fsp3) is 0.440. The summed E-state index contributed by atoms with van der Waals surface area (Å²) in [5.74, 6) is -1.75. The Morgan fingerprint density at radius 2 is 1.97 bits per heavy atom. The Hall–Kier alpha value is -3.76. The van der Waals surface area contributed by atoms with Crippen molar-refractivity contribution in [3.63, 3.8) is 0 Å². The number of carboxylic acid groups (broad SMARTS) is 1. The van der Waals surface area contributed by atoms with Crippen LogP contribution in [0.4, 0.5) is 8.78 Å². The van der Waals surface area contributed by atoms with Crippen LogP contribution < -0.4 is 15.2 Å². The van der Waals surface area contributed by atoms with Gasteiger partial charge in [-0.2, -0.15) is 8.78 Å². The number of pyridine rings is 1. The molecule has 1 aliphatic carbocycles. The summed E-state index contributed by atoms with van der Waals surface area (Å²) >= 11 is 0. The van der Waals surface area contributed by atoms with Crippen LogP contribution in [-0.4, -0.2) is 58.6 Å². The number of carbonyl (C=O) groups excluding carboxylic acids is 2. The smallest absolute Gasteiger partial charge is 0.387 e. The summed E-state index contributed by atoms with van der Waals surface area (Å²) in [5.41, 5.74) is 6.28. The molecule has 4 rings (SSSR count). The molecule has 2 amide bonds. The van der Waals surface area contributed by atoms with Crippen molar-refractivity contribution in [1.29, 1.82) is 0 Å². The third-order valence-corrected chi connectivity index (χ3v) is 6.55. The Morgan fingerprint density at radius 1 is 1.22 bits per heavy atom. The molecule has 1 saturated carbocycles. The number of aromatic carboxylic acids is 1. The van der Waals surface area contributed by atoms with Crippen molar-refractivity contribution < 1.29 is 37.7 Å². The molecule has 192 valence electrons. The van der Waals surface area contributed by atoms with E-state index < -0.39 is 18.5 Å². The van der Waals surface area contributed by atoms with Gasteiger partial charge in [-0.1, -0.05) is 6.07 Å². The number of amides is 2. The minimum Gasteiger partial charge on any atom is -0.489 e. The van der Waals surface area contributed by atoms with E-state index >= 15 is 0 Å². The van der Waals surface area contributed by atoms with Crippen molar-refractivity contribution in [2.24, 2.45) is 11.7 Å². The van der Waals surface area contributed by atoms with Gasteiger partial charge in [0, 0.05) is 31.6 Å². The van der Waals surface area contributed by atoms with Gasteiger partial charge >= 0.3 is 12.6 Å². The van der Waals surface area contributed by atoms with Crippen molar-refractivity contribution in [3.05, 3.63) is 52.8 Å². The number of alkyl halides is 2. The van der Waals surface area contributed by atoms with Gasteiger partial charge in [0.05, 0.1) is 12.2 Å². The molecule has 0 bridgehead atoms. The van der Waals surface area contributed by atoms with Crippen LogP contribution in [0.25, 0.3) is 0 Å². The average Bonchev–Trinajstić information content (AvgIpc) is 3.55. The highest BCUT2D eigenvalue weighted by atomic mass is 19.3. The van der Waals surface area contributed by atoms with Crippen molar-refractivity contribution in [2.45, 2.75) is 51.2 Å². The van der Waals surface area contributed by atoms with Crippen molar-refractivity contribution in [3.8, 4) is 11.5 Å². The third-order valence-electron chi connectivity index (χ3n) is 6.55. The molecule has 2 aliphatic rings. The minimum atomic E-state index is -2.99.